The van der Waals surface area contributed by atoms with Crippen LogP contribution in [0.4, 0.5) is 13.2 Å². The molecule has 4 fully saturated rings. The highest BCUT2D eigenvalue weighted by Gasteiger charge is 2.69. The number of ether oxygens (including phenoxy) is 1. The quantitative estimate of drug-likeness (QED) is 0.188. The average molecular weight is 566 g/mol. The minimum absolute atomic E-state index is 0.0623. The average Bonchev–Trinajstić information content (AvgIpc) is 3.27. The number of nitrogens with zero attached hydrogens (tertiary/aromatic N) is 1. The molecule has 0 saturated heterocycles. The van der Waals surface area contributed by atoms with Crippen molar-refractivity contribution in [3.63, 3.8) is 0 Å². The fraction of sp³-hybridized carbons (Fsp3) is 0.781. The van der Waals surface area contributed by atoms with E-state index in [1.54, 1.807) is 12.1 Å². The molecule has 0 aromatic heterocycles. The van der Waals surface area contributed by atoms with Crippen molar-refractivity contribution < 1.29 is 33.3 Å². The van der Waals surface area contributed by atoms with Crippen LogP contribution in [0.2, 0.25) is 0 Å². The van der Waals surface area contributed by atoms with Gasteiger partial charge in [-0.2, -0.15) is 0 Å². The summed E-state index contributed by atoms with van der Waals surface area (Å²) in [4.78, 5) is 0. The number of halogens is 3. The van der Waals surface area contributed by atoms with Gasteiger partial charge in [0.1, 0.15) is 11.6 Å². The van der Waals surface area contributed by atoms with Gasteiger partial charge >= 0.3 is 0 Å². The van der Waals surface area contributed by atoms with Gasteiger partial charge in [0, 0.05) is 12.3 Å². The predicted octanol–water partition coefficient (Wildman–Crippen LogP) is 7.05. The lowest BCUT2D eigenvalue weighted by Crippen LogP contribution is -2.64. The number of fused-ring (bicyclic) bond motifs is 5. The molecule has 8 heteroatoms. The highest BCUT2D eigenvalue weighted by Crippen LogP contribution is 2.71. The van der Waals surface area contributed by atoms with Crippen molar-refractivity contribution in [3.05, 3.63) is 29.6 Å². The number of methoxy groups -OCH3 is 1. The standard InChI is InChI=1S/C32H46F3NO4/c1-18(7-5-9-24(36-39)27-23(33)8-6-10-26(27)40-4)19-11-12-20-28-21(13-15-30(19,20)2)31(3)16-14-25(37)29(38)22(31)17-32(28,34)35/h6,8,10,18-22,25,28-29,37-39H,5,7,9,11-17H2,1-4H3/b36-24+/t18-,19-,20+,21+,22+,25+,28+,29-,30-,31-/m1/s1. The highest BCUT2D eigenvalue weighted by molar-refractivity contribution is 6.02. The summed E-state index contributed by atoms with van der Waals surface area (Å²) >= 11 is 0. The minimum atomic E-state index is -2.86. The summed E-state index contributed by atoms with van der Waals surface area (Å²) in [7, 11) is 1.46. The van der Waals surface area contributed by atoms with Crippen LogP contribution in [0.5, 0.6) is 5.75 Å². The van der Waals surface area contributed by atoms with Crippen molar-refractivity contribution in [2.24, 2.45) is 51.5 Å². The maximum atomic E-state index is 16.0. The van der Waals surface area contributed by atoms with Gasteiger partial charge < -0.3 is 20.2 Å². The van der Waals surface area contributed by atoms with Crippen LogP contribution in [0.1, 0.15) is 90.5 Å². The third-order valence-corrected chi connectivity index (χ3v) is 12.2. The van der Waals surface area contributed by atoms with Gasteiger partial charge in [-0.3, -0.25) is 0 Å². The van der Waals surface area contributed by atoms with Gasteiger partial charge in [-0.05, 0) is 104 Å². The van der Waals surface area contributed by atoms with Crippen LogP contribution in [0, 0.1) is 52.2 Å². The number of hydrogen-bond acceptors (Lipinski definition) is 5. The van der Waals surface area contributed by atoms with Gasteiger partial charge in [-0.25, -0.2) is 13.2 Å². The number of oxime groups is 1. The van der Waals surface area contributed by atoms with Crippen LogP contribution in [0.3, 0.4) is 0 Å². The molecule has 4 aliphatic rings. The Balaban J connectivity index is 1.29. The minimum Gasteiger partial charge on any atom is -0.496 e. The van der Waals surface area contributed by atoms with E-state index in [0.29, 0.717) is 43.3 Å². The Kier molecular flexibility index (Phi) is 8.01. The Labute approximate surface area is 236 Å². The third-order valence-electron chi connectivity index (χ3n) is 12.2. The molecular weight excluding hydrogens is 519 g/mol. The van der Waals surface area contributed by atoms with E-state index in [1.165, 1.54) is 13.2 Å². The van der Waals surface area contributed by atoms with Crippen LogP contribution < -0.4 is 4.74 Å². The SMILES string of the molecule is COc1cccc(F)c1/C(CCC[C@@H](C)[C@H]1CC[C@H]2[C@H]3[C@H](CC[C@]12C)[C@@]1(C)CC[C@H](O)[C@H](O)[C@@H]1CC3(F)F)=N/O. The number of aliphatic hydroxyl groups excluding tert-OH is 2. The van der Waals surface area contributed by atoms with E-state index in [0.717, 1.165) is 32.1 Å². The van der Waals surface area contributed by atoms with Crippen LogP contribution in [-0.2, 0) is 0 Å². The number of alkyl halides is 2. The van der Waals surface area contributed by atoms with Crippen molar-refractivity contribution in [1.82, 2.24) is 0 Å². The Morgan fingerprint density at radius 3 is 2.45 bits per heavy atom. The fourth-order valence-electron chi connectivity index (χ4n) is 10.1. The van der Waals surface area contributed by atoms with E-state index in [9.17, 15) is 19.8 Å². The maximum absolute atomic E-state index is 16.0. The van der Waals surface area contributed by atoms with Gasteiger partial charge in [-0.1, -0.05) is 38.4 Å². The largest absolute Gasteiger partial charge is 0.496 e. The van der Waals surface area contributed by atoms with Gasteiger partial charge in [0.2, 0.25) is 0 Å². The second-order valence-corrected chi connectivity index (χ2v) is 13.9. The summed E-state index contributed by atoms with van der Waals surface area (Å²) in [6.45, 7) is 6.54. The van der Waals surface area contributed by atoms with Gasteiger partial charge in [0.05, 0.1) is 30.6 Å². The molecule has 4 aliphatic carbocycles. The Morgan fingerprint density at radius 2 is 1.75 bits per heavy atom. The smallest absolute Gasteiger partial charge is 0.251 e. The molecule has 0 spiro atoms. The summed E-state index contributed by atoms with van der Waals surface area (Å²) in [5.74, 6) is -3.87. The van der Waals surface area contributed by atoms with E-state index >= 15 is 8.78 Å². The fourth-order valence-corrected chi connectivity index (χ4v) is 10.1. The monoisotopic (exact) mass is 565 g/mol. The summed E-state index contributed by atoms with van der Waals surface area (Å²) in [6.07, 6.45) is 4.12. The van der Waals surface area contributed by atoms with E-state index < -0.39 is 35.8 Å². The maximum Gasteiger partial charge on any atom is 0.251 e. The molecule has 0 amide bonds. The number of hydrogen-bond donors (Lipinski definition) is 3. The number of rotatable bonds is 7. The molecule has 1 aromatic rings. The normalized spacial score (nSPS) is 41.5. The van der Waals surface area contributed by atoms with Crippen LogP contribution >= 0.6 is 0 Å². The number of aliphatic hydroxyl groups is 2. The second-order valence-electron chi connectivity index (χ2n) is 13.9. The van der Waals surface area contributed by atoms with Crippen LogP contribution in [-0.4, -0.2) is 46.4 Å². The molecule has 0 aliphatic heterocycles. The molecule has 224 valence electrons. The van der Waals surface area contributed by atoms with Gasteiger partial charge in [0.15, 0.2) is 0 Å². The molecule has 4 saturated carbocycles. The lowest BCUT2D eigenvalue weighted by Gasteiger charge is -2.63. The Morgan fingerprint density at radius 1 is 1.05 bits per heavy atom. The molecule has 1 aromatic carbocycles. The summed E-state index contributed by atoms with van der Waals surface area (Å²) in [5, 5.41) is 34.0. The van der Waals surface area contributed by atoms with E-state index in [4.69, 9.17) is 4.74 Å². The topological polar surface area (TPSA) is 82.3 Å². The predicted molar refractivity (Wildman–Crippen MR) is 147 cm³/mol. The first-order valence-corrected chi connectivity index (χ1v) is 15.2. The van der Waals surface area contributed by atoms with E-state index in [-0.39, 0.29) is 40.4 Å². The first-order chi connectivity index (χ1) is 18.9. The first kappa shape index (κ1) is 29.7. The summed E-state index contributed by atoms with van der Waals surface area (Å²) in [6, 6.07) is 4.51. The van der Waals surface area contributed by atoms with Gasteiger partial charge in [-0.15, -0.1) is 0 Å². The van der Waals surface area contributed by atoms with Crippen molar-refractivity contribution in [1.29, 1.82) is 0 Å². The van der Waals surface area contributed by atoms with Crippen molar-refractivity contribution in [2.75, 3.05) is 7.11 Å². The molecule has 0 unspecified atom stereocenters. The van der Waals surface area contributed by atoms with E-state index in [2.05, 4.69) is 25.9 Å². The van der Waals surface area contributed by atoms with Gasteiger partial charge in [0.25, 0.3) is 5.92 Å². The van der Waals surface area contributed by atoms with Crippen molar-refractivity contribution in [2.45, 2.75) is 103 Å². The van der Waals surface area contributed by atoms with Crippen molar-refractivity contribution >= 4 is 5.71 Å². The third kappa shape index (κ3) is 4.65. The molecule has 40 heavy (non-hydrogen) atoms. The Hall–Kier alpha value is -1.80. The molecular formula is C32H46F3NO4. The lowest BCUT2D eigenvalue weighted by atomic mass is 9.43. The number of benzene rings is 1. The molecule has 10 atom stereocenters. The molecule has 0 heterocycles. The first-order valence-electron chi connectivity index (χ1n) is 15.2. The van der Waals surface area contributed by atoms with E-state index in [1.807, 2.05) is 0 Å². The molecule has 5 rings (SSSR count). The Bertz CT molecular complexity index is 1110. The van der Waals surface area contributed by atoms with Crippen LogP contribution in [0.15, 0.2) is 23.4 Å². The molecule has 5 nitrogen and oxygen atoms in total. The zero-order valence-corrected chi connectivity index (χ0v) is 24.3. The van der Waals surface area contributed by atoms with Crippen LogP contribution in [0.25, 0.3) is 0 Å². The molecule has 0 bridgehead atoms. The zero-order chi connectivity index (χ0) is 29.0. The lowest BCUT2D eigenvalue weighted by molar-refractivity contribution is -0.258. The highest BCUT2D eigenvalue weighted by atomic mass is 19.3. The molecule has 0 radical (unpaired) electrons. The molecule has 3 N–H and O–H groups in total. The summed E-state index contributed by atoms with van der Waals surface area (Å²) < 4.78 is 51.9. The van der Waals surface area contributed by atoms with Crippen molar-refractivity contribution in [3.8, 4) is 5.75 Å². The zero-order valence-electron chi connectivity index (χ0n) is 24.3. The summed E-state index contributed by atoms with van der Waals surface area (Å²) in [5.41, 5.74) is -0.118. The second kappa shape index (κ2) is 10.8.